The second-order valence-corrected chi connectivity index (χ2v) is 4.83. The molecule has 0 heterocycles. The molecule has 18 heavy (non-hydrogen) atoms. The lowest BCUT2D eigenvalue weighted by molar-refractivity contribution is -0.137. The molecule has 5 nitrogen and oxygen atoms in total. The van der Waals surface area contributed by atoms with Gasteiger partial charge < -0.3 is 15.5 Å². The molecule has 0 atom stereocenters. The van der Waals surface area contributed by atoms with Gasteiger partial charge in [0.1, 0.15) is 5.75 Å². The van der Waals surface area contributed by atoms with Crippen molar-refractivity contribution in [3.8, 4) is 5.75 Å². The Kier molecular flexibility index (Phi) is 2.98. The SMILES string of the molecule is Cc1ccc(C(=O)NC2(CC(=O)O)CC2)c(O)c1. The molecule has 5 heteroatoms. The zero-order valence-corrected chi connectivity index (χ0v) is 10.1. The molecule has 3 N–H and O–H groups in total. The van der Waals surface area contributed by atoms with Crippen LogP contribution in [0, 0.1) is 6.92 Å². The number of nitrogens with one attached hydrogen (secondary N) is 1. The fourth-order valence-corrected chi connectivity index (χ4v) is 1.93. The van der Waals surface area contributed by atoms with E-state index in [1.807, 2.05) is 6.92 Å². The molecule has 1 fully saturated rings. The van der Waals surface area contributed by atoms with Crippen LogP contribution in [0.25, 0.3) is 0 Å². The summed E-state index contributed by atoms with van der Waals surface area (Å²) < 4.78 is 0. The van der Waals surface area contributed by atoms with Crippen molar-refractivity contribution in [3.05, 3.63) is 29.3 Å². The third kappa shape index (κ3) is 2.61. The number of aryl methyl sites for hydroxylation is 1. The van der Waals surface area contributed by atoms with E-state index in [4.69, 9.17) is 5.11 Å². The normalized spacial score (nSPS) is 16.1. The lowest BCUT2D eigenvalue weighted by atomic mass is 10.1. The summed E-state index contributed by atoms with van der Waals surface area (Å²) in [4.78, 5) is 22.6. The lowest BCUT2D eigenvalue weighted by Crippen LogP contribution is -2.38. The first-order chi connectivity index (χ1) is 8.42. The van der Waals surface area contributed by atoms with Crippen molar-refractivity contribution in [2.24, 2.45) is 0 Å². The van der Waals surface area contributed by atoms with Gasteiger partial charge in [0.2, 0.25) is 0 Å². The quantitative estimate of drug-likeness (QED) is 0.753. The number of carboxylic acid groups (broad SMARTS) is 1. The summed E-state index contributed by atoms with van der Waals surface area (Å²) in [6.45, 7) is 1.81. The second kappa shape index (κ2) is 4.33. The van der Waals surface area contributed by atoms with E-state index in [2.05, 4.69) is 5.32 Å². The number of hydrogen-bond donors (Lipinski definition) is 3. The minimum Gasteiger partial charge on any atom is -0.507 e. The molecule has 1 amide bonds. The molecule has 96 valence electrons. The number of hydrogen-bond acceptors (Lipinski definition) is 3. The number of amides is 1. The van der Waals surface area contributed by atoms with E-state index >= 15 is 0 Å². The molecule has 1 aliphatic carbocycles. The van der Waals surface area contributed by atoms with Crippen molar-refractivity contribution in [2.75, 3.05) is 0 Å². The first-order valence-electron chi connectivity index (χ1n) is 5.76. The highest BCUT2D eigenvalue weighted by atomic mass is 16.4. The van der Waals surface area contributed by atoms with Gasteiger partial charge in [0.15, 0.2) is 0 Å². The standard InChI is InChI=1S/C13H15NO4/c1-8-2-3-9(10(15)6-8)12(18)14-13(4-5-13)7-11(16)17/h2-3,6,15H,4-5,7H2,1H3,(H,14,18)(H,16,17). The molecule has 1 aliphatic rings. The number of carbonyl (C=O) groups excluding carboxylic acids is 1. The number of phenolic OH excluding ortho intramolecular Hbond substituents is 1. The minimum absolute atomic E-state index is 0.0780. The number of carbonyl (C=O) groups is 2. The van der Waals surface area contributed by atoms with Gasteiger partial charge in [-0.3, -0.25) is 9.59 Å². The predicted molar refractivity (Wildman–Crippen MR) is 64.5 cm³/mol. The van der Waals surface area contributed by atoms with Gasteiger partial charge in [0, 0.05) is 0 Å². The zero-order valence-electron chi connectivity index (χ0n) is 10.1. The zero-order chi connectivity index (χ0) is 13.3. The first kappa shape index (κ1) is 12.4. The van der Waals surface area contributed by atoms with Crippen LogP contribution < -0.4 is 5.32 Å². The van der Waals surface area contributed by atoms with Crippen molar-refractivity contribution in [1.29, 1.82) is 0 Å². The van der Waals surface area contributed by atoms with Crippen molar-refractivity contribution in [3.63, 3.8) is 0 Å². The van der Waals surface area contributed by atoms with Gasteiger partial charge in [0.25, 0.3) is 5.91 Å². The Bertz CT molecular complexity index is 506. The highest BCUT2D eigenvalue weighted by Gasteiger charge is 2.46. The Hall–Kier alpha value is -2.04. The molecule has 1 aromatic rings. The largest absolute Gasteiger partial charge is 0.507 e. The van der Waals surface area contributed by atoms with Crippen molar-refractivity contribution >= 4 is 11.9 Å². The molecule has 0 spiro atoms. The Balaban J connectivity index is 2.10. The van der Waals surface area contributed by atoms with Gasteiger partial charge >= 0.3 is 5.97 Å². The van der Waals surface area contributed by atoms with E-state index in [0.29, 0.717) is 12.8 Å². The average Bonchev–Trinajstić information content (AvgIpc) is 2.95. The molecular weight excluding hydrogens is 234 g/mol. The van der Waals surface area contributed by atoms with E-state index in [0.717, 1.165) is 5.56 Å². The van der Waals surface area contributed by atoms with Crippen LogP contribution in [0.4, 0.5) is 0 Å². The molecule has 0 aromatic heterocycles. The number of phenols is 1. The van der Waals surface area contributed by atoms with Gasteiger partial charge in [0.05, 0.1) is 17.5 Å². The number of carboxylic acids is 1. The van der Waals surface area contributed by atoms with Gasteiger partial charge in [-0.05, 0) is 37.5 Å². The van der Waals surface area contributed by atoms with Gasteiger partial charge in [-0.2, -0.15) is 0 Å². The monoisotopic (exact) mass is 249 g/mol. The average molecular weight is 249 g/mol. The maximum absolute atomic E-state index is 11.9. The van der Waals surface area contributed by atoms with E-state index in [1.54, 1.807) is 6.07 Å². The minimum atomic E-state index is -0.930. The molecule has 1 aromatic carbocycles. The third-order valence-electron chi connectivity index (χ3n) is 3.12. The number of aromatic hydroxyl groups is 1. The smallest absolute Gasteiger partial charge is 0.305 e. The molecule has 1 saturated carbocycles. The van der Waals surface area contributed by atoms with Crippen LogP contribution in [0.1, 0.15) is 35.2 Å². The van der Waals surface area contributed by atoms with Crippen LogP contribution >= 0.6 is 0 Å². The van der Waals surface area contributed by atoms with Crippen molar-refractivity contribution in [1.82, 2.24) is 5.32 Å². The van der Waals surface area contributed by atoms with Crippen LogP contribution in [0.3, 0.4) is 0 Å². The van der Waals surface area contributed by atoms with Gasteiger partial charge in [-0.25, -0.2) is 0 Å². The maximum atomic E-state index is 11.9. The van der Waals surface area contributed by atoms with E-state index in [-0.39, 0.29) is 17.7 Å². The van der Waals surface area contributed by atoms with Crippen LogP contribution in [0.2, 0.25) is 0 Å². The molecule has 2 rings (SSSR count). The molecule has 0 radical (unpaired) electrons. The summed E-state index contributed by atoms with van der Waals surface area (Å²) in [5, 5.41) is 21.1. The second-order valence-electron chi connectivity index (χ2n) is 4.83. The van der Waals surface area contributed by atoms with E-state index < -0.39 is 17.4 Å². The summed E-state index contributed by atoms with van der Waals surface area (Å²) in [5.74, 6) is -1.44. The van der Waals surface area contributed by atoms with Crippen LogP contribution in [0.5, 0.6) is 5.75 Å². The highest BCUT2D eigenvalue weighted by Crippen LogP contribution is 2.39. The Morgan fingerprint density at radius 3 is 2.56 bits per heavy atom. The number of benzene rings is 1. The van der Waals surface area contributed by atoms with Crippen molar-refractivity contribution in [2.45, 2.75) is 31.7 Å². The molecular formula is C13H15NO4. The predicted octanol–water partition coefficient (Wildman–Crippen LogP) is 1.44. The number of rotatable bonds is 4. The summed E-state index contributed by atoms with van der Waals surface area (Å²) in [5.41, 5.74) is 0.410. The maximum Gasteiger partial charge on any atom is 0.305 e. The van der Waals surface area contributed by atoms with Gasteiger partial charge in [-0.15, -0.1) is 0 Å². The van der Waals surface area contributed by atoms with E-state index in [9.17, 15) is 14.7 Å². The molecule has 0 saturated heterocycles. The summed E-state index contributed by atoms with van der Waals surface area (Å²) in [6, 6.07) is 4.77. The van der Waals surface area contributed by atoms with Crippen LogP contribution in [-0.4, -0.2) is 27.6 Å². The van der Waals surface area contributed by atoms with Gasteiger partial charge in [-0.1, -0.05) is 6.07 Å². The molecule has 0 unspecified atom stereocenters. The number of aliphatic carboxylic acids is 1. The Morgan fingerprint density at radius 2 is 2.06 bits per heavy atom. The Morgan fingerprint density at radius 1 is 1.39 bits per heavy atom. The van der Waals surface area contributed by atoms with Crippen molar-refractivity contribution < 1.29 is 19.8 Å². The third-order valence-corrected chi connectivity index (χ3v) is 3.12. The van der Waals surface area contributed by atoms with E-state index in [1.165, 1.54) is 12.1 Å². The summed E-state index contributed by atoms with van der Waals surface area (Å²) >= 11 is 0. The van der Waals surface area contributed by atoms with Crippen LogP contribution in [-0.2, 0) is 4.79 Å². The summed E-state index contributed by atoms with van der Waals surface area (Å²) in [6.07, 6.45) is 1.25. The first-order valence-corrected chi connectivity index (χ1v) is 5.76. The lowest BCUT2D eigenvalue weighted by Gasteiger charge is -2.15. The fourth-order valence-electron chi connectivity index (χ4n) is 1.93. The van der Waals surface area contributed by atoms with Crippen LogP contribution in [0.15, 0.2) is 18.2 Å². The highest BCUT2D eigenvalue weighted by molar-refractivity contribution is 5.97. The topological polar surface area (TPSA) is 86.6 Å². The molecule has 0 bridgehead atoms. The Labute approximate surface area is 104 Å². The molecule has 0 aliphatic heterocycles. The summed E-state index contributed by atoms with van der Waals surface area (Å²) in [7, 11) is 0. The fraction of sp³-hybridized carbons (Fsp3) is 0.385.